The molecule has 0 saturated carbocycles. The number of methoxy groups -OCH3 is 1. The van der Waals surface area contributed by atoms with Crippen LogP contribution >= 0.6 is 0 Å². The number of hydrogen-bond donors (Lipinski definition) is 1. The number of ether oxygens (including phenoxy) is 1. The molecule has 1 aromatic carbocycles. The van der Waals surface area contributed by atoms with Crippen LogP contribution in [-0.2, 0) is 4.74 Å². The molecule has 1 N–H and O–H groups in total. The highest BCUT2D eigenvalue weighted by Gasteiger charge is 2.22. The molecule has 0 fully saturated rings. The van der Waals surface area contributed by atoms with E-state index in [1.54, 1.807) is 30.5 Å². The second-order valence-corrected chi connectivity index (χ2v) is 4.70. The summed E-state index contributed by atoms with van der Waals surface area (Å²) >= 11 is 0. The highest BCUT2D eigenvalue weighted by atomic mass is 16.5. The minimum absolute atomic E-state index is 0.391. The molecule has 0 aliphatic carbocycles. The van der Waals surface area contributed by atoms with E-state index in [4.69, 9.17) is 9.15 Å². The van der Waals surface area contributed by atoms with Gasteiger partial charge >= 0.3 is 11.6 Å². The van der Waals surface area contributed by atoms with E-state index >= 15 is 0 Å². The van der Waals surface area contributed by atoms with Crippen LogP contribution in [0.25, 0.3) is 22.6 Å². The number of furan rings is 1. The van der Waals surface area contributed by atoms with E-state index in [9.17, 15) is 9.59 Å². The second kappa shape index (κ2) is 4.94. The lowest BCUT2D eigenvalue weighted by Gasteiger charge is -2.05. The first-order valence-corrected chi connectivity index (χ1v) is 6.41. The number of aromatic nitrogens is 1. The van der Waals surface area contributed by atoms with Crippen molar-refractivity contribution in [3.8, 4) is 22.6 Å². The van der Waals surface area contributed by atoms with Gasteiger partial charge in [-0.1, -0.05) is 12.1 Å². The zero-order valence-corrected chi connectivity index (χ0v) is 11.6. The third kappa shape index (κ3) is 2.12. The average molecular weight is 283 g/mol. The Bertz CT molecular complexity index is 844. The molecular weight excluding hydrogens is 270 g/mol. The first kappa shape index (κ1) is 13.2. The molecular formula is C16H13NO4. The lowest BCUT2D eigenvalue weighted by molar-refractivity contribution is 0.0601. The van der Waals surface area contributed by atoms with Crippen LogP contribution < -0.4 is 5.63 Å². The predicted octanol–water partition coefficient (Wildman–Crippen LogP) is 2.83. The number of aromatic amines is 1. The number of esters is 1. The minimum Gasteiger partial charge on any atom is -0.465 e. The van der Waals surface area contributed by atoms with Gasteiger partial charge in [0.1, 0.15) is 0 Å². The number of carbonyl (C=O) groups is 1. The summed E-state index contributed by atoms with van der Waals surface area (Å²) < 4.78 is 10.1. The molecule has 2 heterocycles. The maximum absolute atomic E-state index is 12.0. The molecule has 106 valence electrons. The zero-order chi connectivity index (χ0) is 15.0. The van der Waals surface area contributed by atoms with E-state index in [0.29, 0.717) is 28.1 Å². The molecule has 0 unspecified atom stereocenters. The van der Waals surface area contributed by atoms with Gasteiger partial charge in [-0.25, -0.2) is 9.59 Å². The number of benzene rings is 1. The Morgan fingerprint density at radius 2 is 2.10 bits per heavy atom. The minimum atomic E-state index is -0.435. The summed E-state index contributed by atoms with van der Waals surface area (Å²) in [5.41, 5.74) is 2.65. The molecule has 3 rings (SSSR count). The highest BCUT2D eigenvalue weighted by molar-refractivity contribution is 5.91. The van der Waals surface area contributed by atoms with Gasteiger partial charge in [0.05, 0.1) is 23.9 Å². The molecule has 1 aromatic rings. The van der Waals surface area contributed by atoms with Gasteiger partial charge in [0.15, 0.2) is 5.76 Å². The third-order valence-electron chi connectivity index (χ3n) is 3.38. The van der Waals surface area contributed by atoms with Crippen molar-refractivity contribution in [2.24, 2.45) is 0 Å². The fourth-order valence-corrected chi connectivity index (χ4v) is 2.35. The first-order valence-electron chi connectivity index (χ1n) is 6.41. The molecule has 0 atom stereocenters. The van der Waals surface area contributed by atoms with Gasteiger partial charge in [0.25, 0.3) is 0 Å². The van der Waals surface area contributed by atoms with E-state index in [1.807, 2.05) is 13.0 Å². The van der Waals surface area contributed by atoms with Crippen LogP contribution in [0.3, 0.4) is 0 Å². The summed E-state index contributed by atoms with van der Waals surface area (Å²) in [7, 11) is 1.32. The fourth-order valence-electron chi connectivity index (χ4n) is 2.35. The Morgan fingerprint density at radius 1 is 1.29 bits per heavy atom. The average Bonchev–Trinajstić information content (AvgIpc) is 2.85. The summed E-state index contributed by atoms with van der Waals surface area (Å²) in [6.07, 6.45) is 1.75. The van der Waals surface area contributed by atoms with Gasteiger partial charge < -0.3 is 14.1 Å². The van der Waals surface area contributed by atoms with Gasteiger partial charge in [-0.05, 0) is 30.7 Å². The lowest BCUT2D eigenvalue weighted by Crippen LogP contribution is -2.00. The Hall–Kier alpha value is -2.82. The van der Waals surface area contributed by atoms with Crippen LogP contribution in [0, 0.1) is 6.92 Å². The SMILES string of the molecule is COC(=O)c1cccc(-c2oc(=O)c3c(C)cc[nH]c2-3)c1. The van der Waals surface area contributed by atoms with Crippen LogP contribution in [0.15, 0.2) is 45.7 Å². The number of hydrogen-bond acceptors (Lipinski definition) is 4. The second-order valence-electron chi connectivity index (χ2n) is 4.70. The number of carbonyl (C=O) groups excluding carboxylic acids is 1. The largest absolute Gasteiger partial charge is 0.465 e. The number of pyridine rings is 1. The molecule has 0 spiro atoms. The maximum Gasteiger partial charge on any atom is 0.346 e. The van der Waals surface area contributed by atoms with Crippen molar-refractivity contribution in [3.05, 3.63) is 58.1 Å². The molecule has 0 saturated heterocycles. The van der Waals surface area contributed by atoms with Crippen molar-refractivity contribution < 1.29 is 13.9 Å². The van der Waals surface area contributed by atoms with Crippen LogP contribution in [0.2, 0.25) is 0 Å². The topological polar surface area (TPSA) is 72.3 Å². The highest BCUT2D eigenvalue weighted by Crippen LogP contribution is 2.32. The summed E-state index contributed by atoms with van der Waals surface area (Å²) in [5.74, 6) is -0.0142. The lowest BCUT2D eigenvalue weighted by atomic mass is 10.0. The van der Waals surface area contributed by atoms with E-state index < -0.39 is 11.6 Å². The van der Waals surface area contributed by atoms with Gasteiger partial charge in [0.2, 0.25) is 0 Å². The zero-order valence-electron chi connectivity index (χ0n) is 11.6. The number of aryl methyl sites for hydroxylation is 1. The van der Waals surface area contributed by atoms with Gasteiger partial charge in [0, 0.05) is 11.8 Å². The first-order chi connectivity index (χ1) is 10.1. The fraction of sp³-hybridized carbons (Fsp3) is 0.125. The van der Waals surface area contributed by atoms with E-state index in [2.05, 4.69) is 4.98 Å². The Balaban J connectivity index is 2.19. The Morgan fingerprint density at radius 3 is 2.86 bits per heavy atom. The number of nitrogens with one attached hydrogen (secondary N) is 1. The Kier molecular flexibility index (Phi) is 3.10. The number of rotatable bonds is 2. The normalized spacial score (nSPS) is 10.8. The van der Waals surface area contributed by atoms with Crippen LogP contribution in [-0.4, -0.2) is 18.1 Å². The van der Waals surface area contributed by atoms with Crippen LogP contribution in [0.4, 0.5) is 0 Å². The molecule has 2 aliphatic heterocycles. The summed E-state index contributed by atoms with van der Waals surface area (Å²) in [6.45, 7) is 1.85. The molecule has 0 radical (unpaired) electrons. The van der Waals surface area contributed by atoms with Crippen molar-refractivity contribution in [3.63, 3.8) is 0 Å². The molecule has 5 heteroatoms. The number of fused-ring (bicyclic) bond motifs is 1. The number of H-pyrrole nitrogens is 1. The van der Waals surface area contributed by atoms with Crippen molar-refractivity contribution in [2.75, 3.05) is 7.11 Å². The predicted molar refractivity (Wildman–Crippen MR) is 77.5 cm³/mol. The molecule has 0 bridgehead atoms. The van der Waals surface area contributed by atoms with Crippen LogP contribution in [0.1, 0.15) is 15.9 Å². The molecule has 2 aliphatic rings. The quantitative estimate of drug-likeness (QED) is 0.734. The molecule has 0 aromatic heterocycles. The molecule has 21 heavy (non-hydrogen) atoms. The smallest absolute Gasteiger partial charge is 0.346 e. The van der Waals surface area contributed by atoms with Gasteiger partial charge in [-0.3, -0.25) is 0 Å². The monoisotopic (exact) mass is 283 g/mol. The van der Waals surface area contributed by atoms with Gasteiger partial charge in [-0.2, -0.15) is 0 Å². The summed E-state index contributed by atoms with van der Waals surface area (Å²) in [5, 5.41) is 0. The van der Waals surface area contributed by atoms with Crippen molar-refractivity contribution in [1.82, 2.24) is 4.98 Å². The molecule has 0 amide bonds. The van der Waals surface area contributed by atoms with Gasteiger partial charge in [-0.15, -0.1) is 0 Å². The summed E-state index contributed by atoms with van der Waals surface area (Å²) in [6, 6.07) is 8.59. The maximum atomic E-state index is 12.0. The molecule has 5 nitrogen and oxygen atoms in total. The standard InChI is InChI=1S/C16H13NO4/c1-9-6-7-17-13-12(9)16(19)21-14(13)10-4-3-5-11(8-10)15(18)20-2/h3-8,17H,1-2H3. The Labute approximate surface area is 120 Å². The summed E-state index contributed by atoms with van der Waals surface area (Å²) in [4.78, 5) is 26.6. The van der Waals surface area contributed by atoms with Crippen molar-refractivity contribution in [2.45, 2.75) is 6.92 Å². The van der Waals surface area contributed by atoms with E-state index in [-0.39, 0.29) is 0 Å². The third-order valence-corrected chi connectivity index (χ3v) is 3.38. The van der Waals surface area contributed by atoms with E-state index in [0.717, 1.165) is 5.56 Å². The van der Waals surface area contributed by atoms with Crippen molar-refractivity contribution >= 4 is 5.97 Å². The van der Waals surface area contributed by atoms with Crippen LogP contribution in [0.5, 0.6) is 0 Å². The van der Waals surface area contributed by atoms with Crippen molar-refractivity contribution in [1.29, 1.82) is 0 Å². The van der Waals surface area contributed by atoms with E-state index in [1.165, 1.54) is 7.11 Å².